The molecule has 154 valence electrons. The number of unbranched alkanes of at least 4 members (excludes halogenated alkanes) is 10. The van der Waals surface area contributed by atoms with Crippen LogP contribution in [0.4, 0.5) is 0 Å². The molecule has 2 atom stereocenters. The maximum Gasteiger partial charge on any atom is 0.325 e. The number of hydrogen-bond acceptors (Lipinski definition) is 3. The minimum absolute atomic E-state index is 0.109. The molecule has 0 fully saturated rings. The molecule has 0 aromatic heterocycles. The summed E-state index contributed by atoms with van der Waals surface area (Å²) in [5.41, 5.74) is 0. The predicted octanol–water partition coefficient (Wildman–Crippen LogP) is 4.81. The Hall–Kier alpha value is -1.10. The van der Waals surface area contributed by atoms with Gasteiger partial charge >= 0.3 is 5.97 Å². The molecular formula is C21H41NO4. The molecule has 0 radical (unpaired) electrons. The van der Waals surface area contributed by atoms with Crippen LogP contribution in [0.25, 0.3) is 0 Å². The highest BCUT2D eigenvalue weighted by Gasteiger charge is 2.13. The Balaban J connectivity index is 3.31. The second kappa shape index (κ2) is 17.3. The largest absolute Gasteiger partial charge is 0.480 e. The third kappa shape index (κ3) is 16.4. The molecule has 0 saturated carbocycles. The monoisotopic (exact) mass is 371 g/mol. The lowest BCUT2D eigenvalue weighted by molar-refractivity contribution is -0.141. The summed E-state index contributed by atoms with van der Waals surface area (Å²) in [6, 6.07) is -0.808. The van der Waals surface area contributed by atoms with Gasteiger partial charge in [-0.05, 0) is 26.2 Å². The van der Waals surface area contributed by atoms with Crippen molar-refractivity contribution in [3.63, 3.8) is 0 Å². The number of aliphatic carboxylic acids is 1. The van der Waals surface area contributed by atoms with Crippen LogP contribution in [0.15, 0.2) is 0 Å². The van der Waals surface area contributed by atoms with E-state index in [1.165, 1.54) is 51.9 Å². The van der Waals surface area contributed by atoms with Crippen molar-refractivity contribution in [3.8, 4) is 0 Å². The number of carbonyl (C=O) groups is 2. The second-order valence-corrected chi connectivity index (χ2v) is 7.50. The molecule has 0 heterocycles. The Morgan fingerprint density at radius 3 is 1.77 bits per heavy atom. The topological polar surface area (TPSA) is 86.6 Å². The zero-order valence-electron chi connectivity index (χ0n) is 17.0. The fraction of sp³-hybridized carbons (Fsp3) is 0.905. The smallest absolute Gasteiger partial charge is 0.325 e. The third-order valence-corrected chi connectivity index (χ3v) is 4.83. The van der Waals surface area contributed by atoms with Gasteiger partial charge in [0.25, 0.3) is 0 Å². The number of carbonyl (C=O) groups excluding carboxylic acids is 1. The van der Waals surface area contributed by atoms with Gasteiger partial charge in [-0.15, -0.1) is 0 Å². The van der Waals surface area contributed by atoms with Gasteiger partial charge in [-0.1, -0.05) is 77.6 Å². The highest BCUT2D eigenvalue weighted by atomic mass is 16.4. The van der Waals surface area contributed by atoms with E-state index in [-0.39, 0.29) is 12.0 Å². The van der Waals surface area contributed by atoms with E-state index in [2.05, 4.69) is 12.2 Å². The van der Waals surface area contributed by atoms with Gasteiger partial charge < -0.3 is 15.5 Å². The first-order valence-electron chi connectivity index (χ1n) is 10.7. The van der Waals surface area contributed by atoms with Gasteiger partial charge in [0.15, 0.2) is 0 Å². The first-order chi connectivity index (χ1) is 12.5. The maximum atomic E-state index is 11.5. The molecule has 0 aliphatic rings. The molecule has 5 nitrogen and oxygen atoms in total. The summed E-state index contributed by atoms with van der Waals surface area (Å²) < 4.78 is 0. The van der Waals surface area contributed by atoms with E-state index in [1.54, 1.807) is 0 Å². The summed E-state index contributed by atoms with van der Waals surface area (Å²) in [6.07, 6.45) is 16.0. The van der Waals surface area contributed by atoms with Gasteiger partial charge in [-0.3, -0.25) is 9.59 Å². The molecule has 0 aromatic rings. The molecule has 0 aliphatic heterocycles. The van der Waals surface area contributed by atoms with E-state index in [0.717, 1.165) is 44.9 Å². The first kappa shape index (κ1) is 24.9. The van der Waals surface area contributed by atoms with E-state index in [1.807, 2.05) is 0 Å². The minimum Gasteiger partial charge on any atom is -0.480 e. The molecule has 26 heavy (non-hydrogen) atoms. The van der Waals surface area contributed by atoms with Crippen LogP contribution in [0.3, 0.4) is 0 Å². The third-order valence-electron chi connectivity index (χ3n) is 4.83. The van der Waals surface area contributed by atoms with Crippen molar-refractivity contribution in [1.29, 1.82) is 0 Å². The lowest BCUT2D eigenvalue weighted by atomic mass is 10.0. The summed E-state index contributed by atoms with van der Waals surface area (Å²) in [7, 11) is 0. The molecule has 2 unspecified atom stereocenters. The quantitative estimate of drug-likeness (QED) is 0.302. The van der Waals surface area contributed by atoms with E-state index >= 15 is 0 Å². The highest BCUT2D eigenvalue weighted by Crippen LogP contribution is 2.14. The number of rotatable bonds is 18. The Labute approximate surface area is 159 Å². The van der Waals surface area contributed by atoms with Gasteiger partial charge in [-0.2, -0.15) is 0 Å². The van der Waals surface area contributed by atoms with Crippen LogP contribution in [0, 0.1) is 0 Å². The molecule has 3 N–H and O–H groups in total. The number of carboxylic acid groups (broad SMARTS) is 1. The van der Waals surface area contributed by atoms with Crippen molar-refractivity contribution >= 4 is 11.9 Å². The van der Waals surface area contributed by atoms with Crippen LogP contribution < -0.4 is 5.32 Å². The van der Waals surface area contributed by atoms with Crippen molar-refractivity contribution < 1.29 is 19.8 Å². The summed E-state index contributed by atoms with van der Waals surface area (Å²) >= 11 is 0. The van der Waals surface area contributed by atoms with Gasteiger partial charge in [0, 0.05) is 6.42 Å². The zero-order valence-corrected chi connectivity index (χ0v) is 17.0. The van der Waals surface area contributed by atoms with Crippen LogP contribution >= 0.6 is 0 Å². The summed E-state index contributed by atoms with van der Waals surface area (Å²) in [5.74, 6) is -1.17. The molecular weight excluding hydrogens is 330 g/mol. The Bertz CT molecular complexity index is 360. The lowest BCUT2D eigenvalue weighted by Crippen LogP contribution is -2.38. The summed E-state index contributed by atoms with van der Waals surface area (Å²) in [6.45, 7) is 3.68. The lowest BCUT2D eigenvalue weighted by Gasteiger charge is -2.10. The van der Waals surface area contributed by atoms with Crippen molar-refractivity contribution in [3.05, 3.63) is 0 Å². The van der Waals surface area contributed by atoms with Crippen molar-refractivity contribution in [2.45, 2.75) is 122 Å². The Kier molecular flexibility index (Phi) is 16.6. The maximum absolute atomic E-state index is 11.5. The van der Waals surface area contributed by atoms with Gasteiger partial charge in [0.1, 0.15) is 6.04 Å². The normalized spacial score (nSPS) is 13.3. The van der Waals surface area contributed by atoms with Crippen LogP contribution in [-0.4, -0.2) is 34.2 Å². The number of carboxylic acids is 1. The SMILES string of the molecule is CCCCCCC(O)CCCCCCCCCCC(=O)NC(C)C(=O)O. The zero-order chi connectivity index (χ0) is 19.6. The van der Waals surface area contributed by atoms with E-state index in [4.69, 9.17) is 5.11 Å². The number of hydrogen-bond donors (Lipinski definition) is 3. The molecule has 1 amide bonds. The van der Waals surface area contributed by atoms with Gasteiger partial charge in [-0.25, -0.2) is 0 Å². The van der Waals surface area contributed by atoms with Gasteiger partial charge in [0.05, 0.1) is 6.10 Å². The average Bonchev–Trinajstić information content (AvgIpc) is 2.60. The average molecular weight is 372 g/mol. The van der Waals surface area contributed by atoms with Crippen LogP contribution in [-0.2, 0) is 9.59 Å². The summed E-state index contributed by atoms with van der Waals surface area (Å²) in [4.78, 5) is 22.2. The number of aliphatic hydroxyl groups excluding tert-OH is 1. The fourth-order valence-electron chi connectivity index (χ4n) is 3.05. The number of amides is 1. The molecule has 0 rings (SSSR count). The summed E-state index contributed by atoms with van der Waals surface area (Å²) in [5, 5.41) is 21.1. The molecule has 0 spiro atoms. The van der Waals surface area contributed by atoms with Crippen LogP contribution in [0.2, 0.25) is 0 Å². The predicted molar refractivity (Wildman–Crippen MR) is 106 cm³/mol. The van der Waals surface area contributed by atoms with Gasteiger partial charge in [0.2, 0.25) is 5.91 Å². The van der Waals surface area contributed by atoms with E-state index < -0.39 is 12.0 Å². The molecule has 0 saturated heterocycles. The molecule has 0 aliphatic carbocycles. The highest BCUT2D eigenvalue weighted by molar-refractivity contribution is 5.83. The van der Waals surface area contributed by atoms with E-state index in [9.17, 15) is 14.7 Å². The minimum atomic E-state index is -0.998. The number of nitrogens with one attached hydrogen (secondary N) is 1. The number of aliphatic hydroxyl groups is 1. The molecule has 5 heteroatoms. The Morgan fingerprint density at radius 2 is 1.27 bits per heavy atom. The second-order valence-electron chi connectivity index (χ2n) is 7.50. The van der Waals surface area contributed by atoms with Crippen molar-refractivity contribution in [2.75, 3.05) is 0 Å². The van der Waals surface area contributed by atoms with Crippen LogP contribution in [0.5, 0.6) is 0 Å². The Morgan fingerprint density at radius 1 is 0.808 bits per heavy atom. The van der Waals surface area contributed by atoms with E-state index in [0.29, 0.717) is 6.42 Å². The molecule has 0 aromatic carbocycles. The van der Waals surface area contributed by atoms with Crippen molar-refractivity contribution in [2.24, 2.45) is 0 Å². The fourth-order valence-corrected chi connectivity index (χ4v) is 3.05. The molecule has 0 bridgehead atoms. The standard InChI is InChI=1S/C21H41NO4/c1-3-4-5-12-15-19(23)16-13-10-8-6-7-9-11-14-17-20(24)22-18(2)21(25)26/h18-19,23H,3-17H2,1-2H3,(H,22,24)(H,25,26). The van der Waals surface area contributed by atoms with Crippen LogP contribution in [0.1, 0.15) is 110 Å². The van der Waals surface area contributed by atoms with Crippen molar-refractivity contribution in [1.82, 2.24) is 5.32 Å². The first-order valence-corrected chi connectivity index (χ1v) is 10.7.